The second-order valence-corrected chi connectivity index (χ2v) is 12.5. The lowest BCUT2D eigenvalue weighted by Crippen LogP contribution is -2.45. The Morgan fingerprint density at radius 3 is 2.42 bits per heavy atom. The number of hydrogen-bond donors (Lipinski definition) is 2. The number of anilines is 3. The normalized spacial score (nSPS) is 13.6. The van der Waals surface area contributed by atoms with Gasteiger partial charge in [0.05, 0.1) is 42.6 Å². The highest BCUT2D eigenvalue weighted by Gasteiger charge is 2.23. The van der Waals surface area contributed by atoms with E-state index in [2.05, 4.69) is 38.5 Å². The number of methoxy groups -OCH3 is 2. The van der Waals surface area contributed by atoms with E-state index >= 15 is 0 Å². The molecule has 4 heterocycles. The van der Waals surface area contributed by atoms with Gasteiger partial charge >= 0.3 is 0 Å². The Balaban J connectivity index is 1.19. The van der Waals surface area contributed by atoms with Crippen LogP contribution in [0.15, 0.2) is 91.3 Å². The van der Waals surface area contributed by atoms with Crippen molar-refractivity contribution in [2.24, 2.45) is 0 Å². The summed E-state index contributed by atoms with van der Waals surface area (Å²) in [5, 5.41) is 5.67. The Morgan fingerprint density at radius 2 is 1.65 bits per heavy atom. The third-order valence-corrected chi connectivity index (χ3v) is 9.17. The van der Waals surface area contributed by atoms with Crippen molar-refractivity contribution in [3.63, 3.8) is 0 Å². The van der Waals surface area contributed by atoms with Gasteiger partial charge in [0.1, 0.15) is 34.5 Å². The summed E-state index contributed by atoms with van der Waals surface area (Å²) in [7, 11) is 5.22. The zero-order valence-electron chi connectivity index (χ0n) is 29.1. The van der Waals surface area contributed by atoms with Crippen LogP contribution in [0.2, 0.25) is 0 Å². The van der Waals surface area contributed by atoms with E-state index in [9.17, 15) is 13.6 Å². The molecule has 266 valence electrons. The van der Waals surface area contributed by atoms with E-state index in [1.165, 1.54) is 18.7 Å². The second kappa shape index (κ2) is 15.1. The third-order valence-electron chi connectivity index (χ3n) is 9.17. The highest BCUT2D eigenvalue weighted by molar-refractivity contribution is 6.07. The zero-order valence-corrected chi connectivity index (χ0v) is 29.1. The summed E-state index contributed by atoms with van der Waals surface area (Å²) in [6, 6.07) is 21.8. The fourth-order valence-corrected chi connectivity index (χ4v) is 6.30. The molecule has 0 saturated carbocycles. The number of aromatic nitrogens is 4. The van der Waals surface area contributed by atoms with Gasteiger partial charge in [-0.1, -0.05) is 18.2 Å². The molecule has 13 heteroatoms. The molecule has 52 heavy (non-hydrogen) atoms. The van der Waals surface area contributed by atoms with Crippen LogP contribution in [-0.2, 0) is 6.42 Å². The number of ether oxygens (including phenoxy) is 2. The Hall–Kier alpha value is -5.92. The van der Waals surface area contributed by atoms with Crippen molar-refractivity contribution >= 4 is 28.9 Å². The third kappa shape index (κ3) is 7.27. The molecule has 1 amide bonds. The van der Waals surface area contributed by atoms with E-state index in [0.29, 0.717) is 40.0 Å². The summed E-state index contributed by atoms with van der Waals surface area (Å²) < 4.78 is 42.0. The van der Waals surface area contributed by atoms with E-state index in [-0.39, 0.29) is 11.3 Å². The van der Waals surface area contributed by atoms with Crippen LogP contribution in [0.5, 0.6) is 11.5 Å². The number of benzene rings is 3. The maximum Gasteiger partial charge on any atom is 0.259 e. The van der Waals surface area contributed by atoms with Crippen LogP contribution in [0.4, 0.5) is 26.1 Å². The van der Waals surface area contributed by atoms with Crippen molar-refractivity contribution in [2.75, 3.05) is 64.6 Å². The molecule has 1 aliphatic heterocycles. The predicted octanol–water partition coefficient (Wildman–Crippen LogP) is 6.54. The lowest BCUT2D eigenvalue weighted by Gasteiger charge is -2.32. The number of nitrogens with zero attached hydrogens (tertiary/aromatic N) is 6. The monoisotopic (exact) mass is 704 g/mol. The summed E-state index contributed by atoms with van der Waals surface area (Å²) in [6.07, 6.45) is 4.44. The van der Waals surface area contributed by atoms with Crippen LogP contribution in [0.25, 0.3) is 28.3 Å². The lowest BCUT2D eigenvalue weighted by molar-refractivity contribution is 0.102. The first-order chi connectivity index (χ1) is 25.3. The fraction of sp³-hybridized carbons (Fsp3) is 0.231. The van der Waals surface area contributed by atoms with E-state index in [1.807, 2.05) is 40.9 Å². The Kier molecular flexibility index (Phi) is 10.0. The maximum atomic E-state index is 14.4. The number of carbonyl (C=O) groups excluding carboxylic acids is 1. The summed E-state index contributed by atoms with van der Waals surface area (Å²) in [5.41, 5.74) is 4.34. The Labute approximate surface area is 299 Å². The largest absolute Gasteiger partial charge is 0.496 e. The van der Waals surface area contributed by atoms with Crippen LogP contribution < -0.4 is 20.1 Å². The standard InChI is InChI=1S/C39H38F2N8O3/c1-47-19-21-48(22-20-47)18-15-25-10-12-30(33(23-25)52-3)43-39-42-16-14-31(44-39)37-35(45-34-9-4-5-17-49(34)37)26-11-13-32(51-2)27(24-26)38(50)46-36-28(40)7-6-8-29(36)41/h4-14,16-17,23-24H,15,18-22H2,1-3H3,(H,46,50)(H,42,43,44). The van der Waals surface area contributed by atoms with Gasteiger partial charge in [0.15, 0.2) is 0 Å². The van der Waals surface area contributed by atoms with E-state index in [4.69, 9.17) is 19.4 Å². The molecule has 3 aromatic heterocycles. The smallest absolute Gasteiger partial charge is 0.259 e. The number of imidazole rings is 1. The fourth-order valence-electron chi connectivity index (χ4n) is 6.30. The highest BCUT2D eigenvalue weighted by atomic mass is 19.1. The highest BCUT2D eigenvalue weighted by Crippen LogP contribution is 2.36. The lowest BCUT2D eigenvalue weighted by atomic mass is 10.0. The molecule has 0 spiro atoms. The molecule has 7 rings (SSSR count). The summed E-state index contributed by atoms with van der Waals surface area (Å²) in [5.74, 6) is -1.29. The Bertz CT molecular complexity index is 2220. The van der Waals surface area contributed by atoms with Crippen LogP contribution in [-0.4, -0.2) is 89.1 Å². The van der Waals surface area contributed by atoms with Crippen molar-refractivity contribution in [1.29, 1.82) is 0 Å². The zero-order chi connectivity index (χ0) is 36.2. The minimum absolute atomic E-state index is 0.0646. The molecule has 0 atom stereocenters. The molecule has 2 N–H and O–H groups in total. The number of para-hydroxylation sites is 1. The van der Waals surface area contributed by atoms with Gasteiger partial charge in [-0.3, -0.25) is 9.20 Å². The molecule has 0 bridgehead atoms. The topological polar surface area (TPSA) is 109 Å². The first-order valence-corrected chi connectivity index (χ1v) is 16.9. The van der Waals surface area contributed by atoms with E-state index < -0.39 is 23.2 Å². The predicted molar refractivity (Wildman–Crippen MR) is 196 cm³/mol. The molecule has 0 unspecified atom stereocenters. The molecule has 1 saturated heterocycles. The number of nitrogens with one attached hydrogen (secondary N) is 2. The number of hydrogen-bond acceptors (Lipinski definition) is 9. The van der Waals surface area contributed by atoms with Gasteiger partial charge < -0.3 is 29.9 Å². The Morgan fingerprint density at radius 1 is 0.865 bits per heavy atom. The number of rotatable bonds is 11. The number of likely N-dealkylation sites (N-methyl/N-ethyl adjacent to an activating group) is 1. The van der Waals surface area contributed by atoms with Crippen molar-refractivity contribution in [3.05, 3.63) is 114 Å². The average molecular weight is 705 g/mol. The van der Waals surface area contributed by atoms with Gasteiger partial charge in [0.25, 0.3) is 5.91 Å². The van der Waals surface area contributed by atoms with Crippen molar-refractivity contribution < 1.29 is 23.0 Å². The molecular weight excluding hydrogens is 666 g/mol. The average Bonchev–Trinajstić information content (AvgIpc) is 3.56. The molecule has 0 radical (unpaired) electrons. The number of piperazine rings is 1. The first-order valence-electron chi connectivity index (χ1n) is 16.9. The van der Waals surface area contributed by atoms with Gasteiger partial charge in [0.2, 0.25) is 5.95 Å². The minimum Gasteiger partial charge on any atom is -0.496 e. The number of carbonyl (C=O) groups is 1. The molecule has 6 aromatic rings. The van der Waals surface area contributed by atoms with Crippen molar-refractivity contribution in [1.82, 2.24) is 29.2 Å². The minimum atomic E-state index is -0.894. The van der Waals surface area contributed by atoms with Crippen LogP contribution in [0.3, 0.4) is 0 Å². The first kappa shape index (κ1) is 34.5. The van der Waals surface area contributed by atoms with E-state index in [0.717, 1.165) is 57.0 Å². The summed E-state index contributed by atoms with van der Waals surface area (Å²) in [6.45, 7) is 5.29. The van der Waals surface area contributed by atoms with Crippen molar-refractivity contribution in [3.8, 4) is 34.1 Å². The second-order valence-electron chi connectivity index (χ2n) is 12.5. The molecule has 1 fully saturated rings. The molecule has 1 aliphatic rings. The molecule has 3 aromatic carbocycles. The van der Waals surface area contributed by atoms with Crippen LogP contribution in [0, 0.1) is 11.6 Å². The quantitative estimate of drug-likeness (QED) is 0.156. The SMILES string of the molecule is COc1cc(CCN2CCN(C)CC2)ccc1Nc1nccc(-c2c(-c3ccc(OC)c(C(=O)Nc4c(F)cccc4F)c3)nc3ccccn23)n1. The number of halogens is 2. The van der Waals surface area contributed by atoms with Gasteiger partial charge in [-0.25, -0.2) is 23.7 Å². The van der Waals surface area contributed by atoms with Gasteiger partial charge in [-0.2, -0.15) is 0 Å². The summed E-state index contributed by atoms with van der Waals surface area (Å²) >= 11 is 0. The van der Waals surface area contributed by atoms with Crippen LogP contribution >= 0.6 is 0 Å². The van der Waals surface area contributed by atoms with Crippen LogP contribution in [0.1, 0.15) is 15.9 Å². The molecular formula is C39H38F2N8O3. The number of fused-ring (bicyclic) bond motifs is 1. The number of pyridine rings is 1. The number of amides is 1. The summed E-state index contributed by atoms with van der Waals surface area (Å²) in [4.78, 5) is 32.5. The molecule has 11 nitrogen and oxygen atoms in total. The van der Waals surface area contributed by atoms with Gasteiger partial charge in [0, 0.05) is 50.7 Å². The van der Waals surface area contributed by atoms with Crippen molar-refractivity contribution in [2.45, 2.75) is 6.42 Å². The van der Waals surface area contributed by atoms with Gasteiger partial charge in [-0.15, -0.1) is 0 Å². The van der Waals surface area contributed by atoms with E-state index in [1.54, 1.807) is 37.6 Å². The maximum absolute atomic E-state index is 14.4. The van der Waals surface area contributed by atoms with Gasteiger partial charge in [-0.05, 0) is 79.7 Å². The molecule has 0 aliphatic carbocycles.